The second kappa shape index (κ2) is 6.95. The zero-order chi connectivity index (χ0) is 15.3. The molecule has 21 heavy (non-hydrogen) atoms. The van der Waals surface area contributed by atoms with Crippen LogP contribution < -0.4 is 5.32 Å². The Labute approximate surface area is 124 Å². The molecule has 2 rings (SSSR count). The second-order valence-corrected chi connectivity index (χ2v) is 7.34. The van der Waals surface area contributed by atoms with Gasteiger partial charge in [-0.2, -0.15) is 0 Å². The minimum atomic E-state index is -3.09. The Balaban J connectivity index is 1.78. The van der Waals surface area contributed by atoms with E-state index in [0.29, 0.717) is 31.1 Å². The van der Waals surface area contributed by atoms with Gasteiger partial charge in [0.1, 0.15) is 6.33 Å². The van der Waals surface area contributed by atoms with Gasteiger partial charge in [0.15, 0.2) is 0 Å². The van der Waals surface area contributed by atoms with Crippen LogP contribution in [0.5, 0.6) is 0 Å². The molecule has 116 valence electrons. The van der Waals surface area contributed by atoms with Crippen LogP contribution >= 0.6 is 0 Å². The van der Waals surface area contributed by atoms with Crippen LogP contribution in [0.1, 0.15) is 30.1 Å². The maximum absolute atomic E-state index is 11.9. The van der Waals surface area contributed by atoms with Gasteiger partial charge in [-0.1, -0.05) is 0 Å². The van der Waals surface area contributed by atoms with E-state index in [9.17, 15) is 13.2 Å². The number of rotatable bonds is 5. The summed E-state index contributed by atoms with van der Waals surface area (Å²) >= 11 is 0. The van der Waals surface area contributed by atoms with Crippen molar-refractivity contribution in [3.05, 3.63) is 24.3 Å². The van der Waals surface area contributed by atoms with Gasteiger partial charge >= 0.3 is 0 Å². The minimum absolute atomic E-state index is 0.141. The summed E-state index contributed by atoms with van der Waals surface area (Å²) in [5.74, 6) is 0.253. The summed E-state index contributed by atoms with van der Waals surface area (Å²) in [6, 6.07) is 0. The van der Waals surface area contributed by atoms with Crippen molar-refractivity contribution in [1.82, 2.24) is 19.6 Å². The predicted octanol–water partition coefficient (Wildman–Crippen LogP) is 0.268. The van der Waals surface area contributed by atoms with E-state index >= 15 is 0 Å². The highest BCUT2D eigenvalue weighted by Gasteiger charge is 2.26. The highest BCUT2D eigenvalue weighted by molar-refractivity contribution is 7.89. The van der Waals surface area contributed by atoms with E-state index in [1.165, 1.54) is 23.0 Å². The van der Waals surface area contributed by atoms with Crippen molar-refractivity contribution in [2.24, 2.45) is 5.92 Å². The SMILES string of the molecule is CCS(=O)(=O)N1CCC(CNC(=O)c2cncnc2)CC1. The summed E-state index contributed by atoms with van der Waals surface area (Å²) in [7, 11) is -3.09. The second-order valence-electron chi connectivity index (χ2n) is 5.08. The van der Waals surface area contributed by atoms with Gasteiger partial charge in [-0.05, 0) is 25.7 Å². The highest BCUT2D eigenvalue weighted by Crippen LogP contribution is 2.19. The molecule has 1 aliphatic rings. The van der Waals surface area contributed by atoms with Gasteiger partial charge in [-0.15, -0.1) is 0 Å². The Bertz CT molecular complexity index is 568. The fraction of sp³-hybridized carbons (Fsp3) is 0.615. The molecule has 0 spiro atoms. The summed E-state index contributed by atoms with van der Waals surface area (Å²) in [5, 5.41) is 2.85. The Morgan fingerprint density at radius 1 is 1.33 bits per heavy atom. The zero-order valence-electron chi connectivity index (χ0n) is 12.0. The standard InChI is InChI=1S/C13H20N4O3S/c1-2-21(19,20)17-5-3-11(4-6-17)7-16-13(18)12-8-14-10-15-9-12/h8-11H,2-7H2,1H3,(H,16,18). The lowest BCUT2D eigenvalue weighted by atomic mass is 9.98. The zero-order valence-corrected chi connectivity index (χ0v) is 12.8. The molecule has 0 unspecified atom stereocenters. The molecule has 1 amide bonds. The number of aromatic nitrogens is 2. The van der Waals surface area contributed by atoms with Crippen LogP contribution in [-0.2, 0) is 10.0 Å². The average Bonchev–Trinajstić information content (AvgIpc) is 2.54. The first kappa shape index (κ1) is 15.8. The quantitative estimate of drug-likeness (QED) is 0.842. The fourth-order valence-electron chi connectivity index (χ4n) is 2.33. The van der Waals surface area contributed by atoms with Gasteiger partial charge in [-0.25, -0.2) is 22.7 Å². The molecule has 0 atom stereocenters. The lowest BCUT2D eigenvalue weighted by Crippen LogP contribution is -2.42. The van der Waals surface area contributed by atoms with Crippen LogP contribution in [-0.4, -0.2) is 54.0 Å². The maximum atomic E-state index is 11.9. The van der Waals surface area contributed by atoms with Crippen molar-refractivity contribution in [1.29, 1.82) is 0 Å². The van der Waals surface area contributed by atoms with Crippen LogP contribution in [0.4, 0.5) is 0 Å². The smallest absolute Gasteiger partial charge is 0.254 e. The third-order valence-electron chi connectivity index (χ3n) is 3.71. The first-order chi connectivity index (χ1) is 10.0. The number of hydrogen-bond donors (Lipinski definition) is 1. The Kier molecular flexibility index (Phi) is 5.24. The van der Waals surface area contributed by atoms with E-state index in [1.54, 1.807) is 6.92 Å². The molecule has 0 aliphatic carbocycles. The first-order valence-electron chi connectivity index (χ1n) is 7.04. The molecule has 1 aromatic rings. The lowest BCUT2D eigenvalue weighted by Gasteiger charge is -2.30. The van der Waals surface area contributed by atoms with Crippen LogP contribution in [0.25, 0.3) is 0 Å². The van der Waals surface area contributed by atoms with Crippen molar-refractivity contribution in [2.45, 2.75) is 19.8 Å². The van der Waals surface area contributed by atoms with Crippen molar-refractivity contribution >= 4 is 15.9 Å². The molecule has 1 aliphatic heterocycles. The fourth-order valence-corrected chi connectivity index (χ4v) is 3.46. The van der Waals surface area contributed by atoms with E-state index in [0.717, 1.165) is 12.8 Å². The van der Waals surface area contributed by atoms with Crippen LogP contribution in [0.3, 0.4) is 0 Å². The van der Waals surface area contributed by atoms with Gasteiger partial charge in [-0.3, -0.25) is 4.79 Å². The molecule has 1 fully saturated rings. The molecular weight excluding hydrogens is 292 g/mol. The van der Waals surface area contributed by atoms with Gasteiger partial charge in [0.2, 0.25) is 10.0 Å². The number of carbonyl (C=O) groups is 1. The molecule has 8 heteroatoms. The molecule has 2 heterocycles. The van der Waals surface area contributed by atoms with Crippen molar-refractivity contribution in [3.8, 4) is 0 Å². The number of hydrogen-bond acceptors (Lipinski definition) is 5. The Hall–Kier alpha value is -1.54. The molecule has 0 saturated carbocycles. The molecule has 1 saturated heterocycles. The molecule has 7 nitrogen and oxygen atoms in total. The predicted molar refractivity (Wildman–Crippen MR) is 78.1 cm³/mol. The van der Waals surface area contributed by atoms with Crippen molar-refractivity contribution in [3.63, 3.8) is 0 Å². The normalized spacial score (nSPS) is 17.6. The number of sulfonamides is 1. The van der Waals surface area contributed by atoms with Gasteiger partial charge < -0.3 is 5.32 Å². The summed E-state index contributed by atoms with van der Waals surface area (Å²) in [6.07, 6.45) is 5.85. The summed E-state index contributed by atoms with van der Waals surface area (Å²) in [5.41, 5.74) is 0.434. The van der Waals surface area contributed by atoms with Gasteiger partial charge in [0, 0.05) is 32.0 Å². The van der Waals surface area contributed by atoms with Crippen LogP contribution in [0, 0.1) is 5.92 Å². The van der Waals surface area contributed by atoms with Gasteiger partial charge in [0.05, 0.1) is 11.3 Å². The van der Waals surface area contributed by atoms with E-state index in [1.807, 2.05) is 0 Å². The third-order valence-corrected chi connectivity index (χ3v) is 5.59. The lowest BCUT2D eigenvalue weighted by molar-refractivity contribution is 0.0940. The average molecular weight is 312 g/mol. The monoisotopic (exact) mass is 312 g/mol. The summed E-state index contributed by atoms with van der Waals surface area (Å²) < 4.78 is 25.0. The Morgan fingerprint density at radius 2 is 1.95 bits per heavy atom. The van der Waals surface area contributed by atoms with E-state index < -0.39 is 10.0 Å². The van der Waals surface area contributed by atoms with E-state index in [-0.39, 0.29) is 11.7 Å². The van der Waals surface area contributed by atoms with E-state index in [2.05, 4.69) is 15.3 Å². The molecule has 0 radical (unpaired) electrons. The molecule has 1 aromatic heterocycles. The van der Waals surface area contributed by atoms with Gasteiger partial charge in [0.25, 0.3) is 5.91 Å². The Morgan fingerprint density at radius 3 is 2.52 bits per heavy atom. The number of nitrogens with one attached hydrogen (secondary N) is 1. The number of carbonyl (C=O) groups excluding carboxylic acids is 1. The topological polar surface area (TPSA) is 92.3 Å². The first-order valence-corrected chi connectivity index (χ1v) is 8.65. The molecule has 1 N–H and O–H groups in total. The largest absolute Gasteiger partial charge is 0.352 e. The van der Waals surface area contributed by atoms with E-state index in [4.69, 9.17) is 0 Å². The number of piperidine rings is 1. The molecule has 0 aromatic carbocycles. The van der Waals surface area contributed by atoms with Crippen LogP contribution in [0.15, 0.2) is 18.7 Å². The number of amides is 1. The summed E-state index contributed by atoms with van der Waals surface area (Å²) in [6.45, 7) is 3.27. The maximum Gasteiger partial charge on any atom is 0.254 e. The summed E-state index contributed by atoms with van der Waals surface area (Å²) in [4.78, 5) is 19.5. The molecule has 0 bridgehead atoms. The molecular formula is C13H20N4O3S. The number of nitrogens with zero attached hydrogens (tertiary/aromatic N) is 3. The third kappa shape index (κ3) is 4.21. The van der Waals surface area contributed by atoms with Crippen LogP contribution in [0.2, 0.25) is 0 Å². The van der Waals surface area contributed by atoms with Crippen molar-refractivity contribution in [2.75, 3.05) is 25.4 Å². The van der Waals surface area contributed by atoms with Crippen molar-refractivity contribution < 1.29 is 13.2 Å². The highest BCUT2D eigenvalue weighted by atomic mass is 32.2. The minimum Gasteiger partial charge on any atom is -0.352 e.